The average Bonchev–Trinajstić information content (AvgIpc) is 3.44. The van der Waals surface area contributed by atoms with Crippen LogP contribution >= 0.6 is 11.6 Å². The zero-order valence-corrected chi connectivity index (χ0v) is 23.9. The van der Waals surface area contributed by atoms with Crippen molar-refractivity contribution in [2.45, 2.75) is 19.9 Å². The monoisotopic (exact) mass is 611 g/mol. The van der Waals surface area contributed by atoms with E-state index in [1.54, 1.807) is 44.2 Å². The summed E-state index contributed by atoms with van der Waals surface area (Å²) in [5.41, 5.74) is 3.76. The number of carbonyl (C=O) groups excluding carboxylic acids is 3. The van der Waals surface area contributed by atoms with Crippen molar-refractivity contribution in [3.05, 3.63) is 86.3 Å². The molecule has 0 fully saturated rings. The van der Waals surface area contributed by atoms with Crippen LogP contribution in [0.1, 0.15) is 31.2 Å². The number of nitrogens with one attached hydrogen (secondary N) is 3. The summed E-state index contributed by atoms with van der Waals surface area (Å²) in [7, 11) is 1.41. The fourth-order valence-corrected chi connectivity index (χ4v) is 4.40. The van der Waals surface area contributed by atoms with E-state index in [0.29, 0.717) is 28.3 Å². The van der Waals surface area contributed by atoms with Gasteiger partial charge in [0.05, 0.1) is 41.5 Å². The van der Waals surface area contributed by atoms with Crippen molar-refractivity contribution in [3.63, 3.8) is 0 Å². The number of hydrogen-bond acceptors (Lipinski definition) is 10. The lowest BCUT2D eigenvalue weighted by molar-refractivity contribution is -0.384. The Bertz CT molecular complexity index is 1630. The molecular weight excluding hydrogens is 586 g/mol. The maximum atomic E-state index is 12.6. The summed E-state index contributed by atoms with van der Waals surface area (Å²) in [6, 6.07) is 10.7. The van der Waals surface area contributed by atoms with Crippen LogP contribution in [0.5, 0.6) is 11.5 Å². The summed E-state index contributed by atoms with van der Waals surface area (Å²) >= 11 is 6.14. The number of rotatable bonds is 11. The van der Waals surface area contributed by atoms with Crippen molar-refractivity contribution in [1.29, 1.82) is 0 Å². The standard InChI is InChI=1S/C28H26ClN5O9/c1-4-41-27(36)25-15(2)31-28(37)32-26(25)16-5-9-22(23(11-16)40-3)42-14-24(35)33-30-13-18-7-10-21(43-18)19-8-6-17(34(38)39)12-20(19)29/h5-13,26H,4,14H2,1-3H3,(H,33,35)(H2,31,32,37)/b30-13-/t26-/m0/s1. The van der Waals surface area contributed by atoms with E-state index in [1.165, 1.54) is 31.5 Å². The molecule has 0 bridgehead atoms. The van der Waals surface area contributed by atoms with E-state index in [2.05, 4.69) is 21.2 Å². The van der Waals surface area contributed by atoms with Gasteiger partial charge in [0.25, 0.3) is 11.6 Å². The van der Waals surface area contributed by atoms with E-state index in [4.69, 9.17) is 30.2 Å². The lowest BCUT2D eigenvalue weighted by Crippen LogP contribution is -2.45. The first kappa shape index (κ1) is 30.6. The molecule has 15 heteroatoms. The highest BCUT2D eigenvalue weighted by molar-refractivity contribution is 6.33. The van der Waals surface area contributed by atoms with Gasteiger partial charge >= 0.3 is 12.0 Å². The molecule has 0 saturated carbocycles. The molecule has 1 aliphatic rings. The molecule has 0 aliphatic carbocycles. The molecule has 2 heterocycles. The van der Waals surface area contributed by atoms with E-state index in [9.17, 15) is 24.5 Å². The highest BCUT2D eigenvalue weighted by Gasteiger charge is 2.32. The van der Waals surface area contributed by atoms with Gasteiger partial charge in [0.15, 0.2) is 18.1 Å². The van der Waals surface area contributed by atoms with Crippen molar-refractivity contribution in [2.75, 3.05) is 20.3 Å². The molecule has 2 aromatic carbocycles. The zero-order chi connectivity index (χ0) is 31.1. The number of hydrazone groups is 1. The number of halogens is 1. The van der Waals surface area contributed by atoms with Gasteiger partial charge in [-0.05, 0) is 49.7 Å². The van der Waals surface area contributed by atoms with Gasteiger partial charge in [-0.25, -0.2) is 15.0 Å². The lowest BCUT2D eigenvalue weighted by Gasteiger charge is -2.28. The molecule has 0 spiro atoms. The van der Waals surface area contributed by atoms with Gasteiger partial charge in [-0.2, -0.15) is 5.10 Å². The topological polar surface area (TPSA) is 184 Å². The predicted molar refractivity (Wildman–Crippen MR) is 154 cm³/mol. The molecule has 1 aromatic heterocycles. The summed E-state index contributed by atoms with van der Waals surface area (Å²) in [6.45, 7) is 3.04. The Labute approximate surface area is 249 Å². The molecule has 1 atom stereocenters. The number of nitro groups is 1. The summed E-state index contributed by atoms with van der Waals surface area (Å²) in [6.07, 6.45) is 1.26. The number of allylic oxidation sites excluding steroid dienone is 1. The molecule has 3 N–H and O–H groups in total. The van der Waals surface area contributed by atoms with Gasteiger partial charge in [0.1, 0.15) is 11.5 Å². The Morgan fingerprint density at radius 2 is 1.98 bits per heavy atom. The van der Waals surface area contributed by atoms with Gasteiger partial charge < -0.3 is 29.3 Å². The van der Waals surface area contributed by atoms with Crippen LogP contribution in [0.3, 0.4) is 0 Å². The first-order valence-electron chi connectivity index (χ1n) is 12.7. The fraction of sp³-hybridized carbons (Fsp3) is 0.214. The number of esters is 1. The maximum absolute atomic E-state index is 12.6. The first-order valence-corrected chi connectivity index (χ1v) is 13.1. The quantitative estimate of drug-likeness (QED) is 0.123. The maximum Gasteiger partial charge on any atom is 0.338 e. The van der Waals surface area contributed by atoms with E-state index in [-0.39, 0.29) is 34.4 Å². The SMILES string of the molecule is CCOC(=O)C1=C(C)NC(=O)N[C@H]1c1ccc(OCC(=O)N/N=C\c2ccc(-c3ccc([N+](=O)[O-])cc3Cl)o2)c(OC)c1. The summed E-state index contributed by atoms with van der Waals surface area (Å²) in [5.74, 6) is -0.0126. The second-order valence-corrected chi connectivity index (χ2v) is 9.31. The number of nitro benzene ring substituents is 1. The van der Waals surface area contributed by atoms with Gasteiger partial charge in [-0.1, -0.05) is 17.7 Å². The highest BCUT2D eigenvalue weighted by Crippen LogP contribution is 2.35. The normalized spacial score (nSPS) is 14.6. The van der Waals surface area contributed by atoms with Crippen LogP contribution in [0.2, 0.25) is 5.02 Å². The third-order valence-electron chi connectivity index (χ3n) is 6.08. The Kier molecular flexibility index (Phi) is 9.62. The number of carbonyl (C=O) groups is 3. The Hall–Kier alpha value is -5.37. The number of urea groups is 1. The number of hydrogen-bond donors (Lipinski definition) is 3. The molecule has 43 heavy (non-hydrogen) atoms. The number of methoxy groups -OCH3 is 1. The van der Waals surface area contributed by atoms with Gasteiger partial charge in [-0.3, -0.25) is 14.9 Å². The lowest BCUT2D eigenvalue weighted by atomic mass is 9.95. The summed E-state index contributed by atoms with van der Waals surface area (Å²) in [4.78, 5) is 47.4. The van der Waals surface area contributed by atoms with Crippen LogP contribution in [0, 0.1) is 10.1 Å². The average molecular weight is 612 g/mol. The third-order valence-corrected chi connectivity index (χ3v) is 6.39. The minimum Gasteiger partial charge on any atom is -0.493 e. The van der Waals surface area contributed by atoms with E-state index in [1.807, 2.05) is 0 Å². The van der Waals surface area contributed by atoms with Crippen molar-refractivity contribution in [3.8, 4) is 22.8 Å². The predicted octanol–water partition coefficient (Wildman–Crippen LogP) is 4.24. The highest BCUT2D eigenvalue weighted by atomic mass is 35.5. The zero-order valence-electron chi connectivity index (χ0n) is 23.1. The molecule has 14 nitrogen and oxygen atoms in total. The second kappa shape index (κ2) is 13.5. The van der Waals surface area contributed by atoms with Crippen LogP contribution < -0.4 is 25.5 Å². The molecule has 4 rings (SSSR count). The van der Waals surface area contributed by atoms with Crippen molar-refractivity contribution in [1.82, 2.24) is 16.1 Å². The third kappa shape index (κ3) is 7.29. The Morgan fingerprint density at radius 1 is 1.19 bits per heavy atom. The smallest absolute Gasteiger partial charge is 0.338 e. The molecule has 3 aromatic rings. The van der Waals surface area contributed by atoms with Crippen LogP contribution in [-0.2, 0) is 14.3 Å². The molecule has 0 radical (unpaired) electrons. The van der Waals surface area contributed by atoms with Crippen LogP contribution in [0.25, 0.3) is 11.3 Å². The van der Waals surface area contributed by atoms with Crippen molar-refractivity contribution >= 4 is 41.4 Å². The molecular formula is C28H26ClN5O9. The van der Waals surface area contributed by atoms with E-state index < -0.39 is 35.5 Å². The van der Waals surface area contributed by atoms with Crippen molar-refractivity contribution in [2.24, 2.45) is 5.10 Å². The number of ether oxygens (including phenoxy) is 3. The molecule has 1 aliphatic heterocycles. The number of furan rings is 1. The minimum absolute atomic E-state index is 0.146. The minimum atomic E-state index is -0.799. The first-order chi connectivity index (χ1) is 20.6. The van der Waals surface area contributed by atoms with Crippen LogP contribution in [-0.4, -0.2) is 49.4 Å². The second-order valence-electron chi connectivity index (χ2n) is 8.91. The van der Waals surface area contributed by atoms with Gasteiger partial charge in [0.2, 0.25) is 0 Å². The Morgan fingerprint density at radius 3 is 2.67 bits per heavy atom. The molecule has 3 amide bonds. The number of amides is 3. The molecule has 0 saturated heterocycles. The van der Waals surface area contributed by atoms with Crippen molar-refractivity contribution < 1.29 is 37.9 Å². The van der Waals surface area contributed by atoms with E-state index in [0.717, 1.165) is 0 Å². The Balaban J connectivity index is 1.37. The fourth-order valence-electron chi connectivity index (χ4n) is 4.13. The largest absolute Gasteiger partial charge is 0.493 e. The van der Waals surface area contributed by atoms with Crippen LogP contribution in [0.4, 0.5) is 10.5 Å². The molecule has 224 valence electrons. The number of non-ortho nitro benzene ring substituents is 1. The van der Waals surface area contributed by atoms with E-state index >= 15 is 0 Å². The van der Waals surface area contributed by atoms with Gasteiger partial charge in [0, 0.05) is 23.4 Å². The number of nitrogens with zero attached hydrogens (tertiary/aromatic N) is 2. The van der Waals surface area contributed by atoms with Gasteiger partial charge in [-0.15, -0.1) is 0 Å². The number of benzene rings is 2. The molecule has 0 unspecified atom stereocenters. The summed E-state index contributed by atoms with van der Waals surface area (Å²) in [5, 5.41) is 20.2. The van der Waals surface area contributed by atoms with Crippen LogP contribution in [0.15, 0.2) is 69.3 Å². The summed E-state index contributed by atoms with van der Waals surface area (Å²) < 4.78 is 21.8.